The Balaban J connectivity index is 2.25. The maximum Gasteiger partial charge on any atom is 0.260 e. The summed E-state index contributed by atoms with van der Waals surface area (Å²) in [6.07, 6.45) is 1.83. The summed E-state index contributed by atoms with van der Waals surface area (Å²) in [7, 11) is 0. The van der Waals surface area contributed by atoms with Crippen LogP contribution in [-0.2, 0) is 0 Å². The molecule has 0 spiro atoms. The molecule has 1 aromatic rings. The molecule has 1 atom stereocenters. The number of carbonyl (C=O) groups excluding carboxylic acids is 1. The minimum atomic E-state index is -0.799. The molecule has 0 saturated carbocycles. The minimum absolute atomic E-state index is 0.00487. The highest BCUT2D eigenvalue weighted by Gasteiger charge is 2.28. The number of nitrogens with zero attached hydrogens (tertiary/aromatic N) is 1. The Morgan fingerprint density at radius 1 is 1.42 bits per heavy atom. The fraction of sp³-hybridized carbons (Fsp3) is 0.500. The van der Waals surface area contributed by atoms with E-state index in [9.17, 15) is 13.6 Å². The van der Waals surface area contributed by atoms with Crippen LogP contribution in [0, 0.1) is 11.6 Å². The van der Waals surface area contributed by atoms with Crippen molar-refractivity contribution in [2.75, 3.05) is 19.6 Å². The van der Waals surface area contributed by atoms with Crippen LogP contribution in [0.3, 0.4) is 0 Å². The fourth-order valence-electron chi connectivity index (χ4n) is 2.51. The lowest BCUT2D eigenvalue weighted by Crippen LogP contribution is -2.49. The largest absolute Gasteiger partial charge is 0.334 e. The van der Waals surface area contributed by atoms with Crippen molar-refractivity contribution in [3.63, 3.8) is 0 Å². The predicted octanol–water partition coefficient (Wildman–Crippen LogP) is 2.18. The van der Waals surface area contributed by atoms with Crippen molar-refractivity contribution in [1.82, 2.24) is 10.2 Å². The average Bonchev–Trinajstić information content (AvgIpc) is 2.40. The van der Waals surface area contributed by atoms with Crippen LogP contribution in [0.2, 0.25) is 0 Å². The van der Waals surface area contributed by atoms with Gasteiger partial charge in [0.2, 0.25) is 0 Å². The lowest BCUT2D eigenvalue weighted by molar-refractivity contribution is 0.0652. The number of hydrogen-bond acceptors (Lipinski definition) is 2. The second kappa shape index (κ2) is 6.10. The van der Waals surface area contributed by atoms with Crippen LogP contribution in [0.15, 0.2) is 18.2 Å². The van der Waals surface area contributed by atoms with Crippen molar-refractivity contribution in [2.24, 2.45) is 0 Å². The minimum Gasteiger partial charge on any atom is -0.334 e. The van der Waals surface area contributed by atoms with Crippen LogP contribution in [-0.4, -0.2) is 36.5 Å². The van der Waals surface area contributed by atoms with Gasteiger partial charge in [0.15, 0.2) is 0 Å². The van der Waals surface area contributed by atoms with Crippen molar-refractivity contribution in [3.8, 4) is 0 Å². The molecular formula is C14H18F2N2O. The summed E-state index contributed by atoms with van der Waals surface area (Å²) >= 11 is 0. The number of likely N-dealkylation sites (N-methyl/N-ethyl adjacent to an activating group) is 1. The van der Waals surface area contributed by atoms with Gasteiger partial charge in [0.25, 0.3) is 5.91 Å². The average molecular weight is 268 g/mol. The molecule has 1 saturated heterocycles. The molecular weight excluding hydrogens is 250 g/mol. The van der Waals surface area contributed by atoms with Gasteiger partial charge in [-0.25, -0.2) is 8.78 Å². The second-order valence-corrected chi connectivity index (χ2v) is 4.69. The van der Waals surface area contributed by atoms with Crippen LogP contribution in [0.1, 0.15) is 30.1 Å². The van der Waals surface area contributed by atoms with Crippen molar-refractivity contribution in [2.45, 2.75) is 25.8 Å². The number of piperidine rings is 1. The highest BCUT2D eigenvalue weighted by molar-refractivity contribution is 5.95. The first-order chi connectivity index (χ1) is 9.15. The van der Waals surface area contributed by atoms with Crippen molar-refractivity contribution in [1.29, 1.82) is 0 Å². The van der Waals surface area contributed by atoms with E-state index in [1.165, 1.54) is 6.07 Å². The van der Waals surface area contributed by atoms with Gasteiger partial charge in [-0.3, -0.25) is 4.79 Å². The molecule has 0 aromatic heterocycles. The molecule has 5 heteroatoms. The van der Waals surface area contributed by atoms with E-state index in [2.05, 4.69) is 5.32 Å². The van der Waals surface area contributed by atoms with Gasteiger partial charge in [-0.15, -0.1) is 0 Å². The van der Waals surface area contributed by atoms with E-state index in [1.54, 1.807) is 4.90 Å². The van der Waals surface area contributed by atoms with E-state index in [4.69, 9.17) is 0 Å². The molecule has 0 bridgehead atoms. The van der Waals surface area contributed by atoms with Crippen LogP contribution < -0.4 is 5.32 Å². The number of benzene rings is 1. The molecule has 1 unspecified atom stereocenters. The third-order valence-corrected chi connectivity index (χ3v) is 3.49. The quantitative estimate of drug-likeness (QED) is 0.911. The number of amides is 1. The number of halogens is 2. The van der Waals surface area contributed by atoms with E-state index in [1.807, 2.05) is 6.92 Å². The Hall–Kier alpha value is -1.49. The maximum absolute atomic E-state index is 13.7. The van der Waals surface area contributed by atoms with Crippen molar-refractivity contribution in [3.05, 3.63) is 35.4 Å². The molecule has 104 valence electrons. The zero-order valence-corrected chi connectivity index (χ0v) is 11.0. The van der Waals surface area contributed by atoms with Gasteiger partial charge in [0, 0.05) is 19.1 Å². The molecule has 1 aliphatic heterocycles. The van der Waals surface area contributed by atoms with Gasteiger partial charge in [-0.2, -0.15) is 0 Å². The molecule has 3 nitrogen and oxygen atoms in total. The Labute approximate surface area is 111 Å². The molecule has 1 amide bonds. The summed E-state index contributed by atoms with van der Waals surface area (Å²) in [5.41, 5.74) is -0.449. The van der Waals surface area contributed by atoms with Gasteiger partial charge < -0.3 is 10.2 Å². The van der Waals surface area contributed by atoms with Crippen molar-refractivity contribution < 1.29 is 13.6 Å². The third kappa shape index (κ3) is 2.92. The van der Waals surface area contributed by atoms with Crippen LogP contribution in [0.4, 0.5) is 8.78 Å². The number of rotatable bonds is 3. The van der Waals surface area contributed by atoms with Gasteiger partial charge >= 0.3 is 0 Å². The van der Waals surface area contributed by atoms with Crippen LogP contribution in [0.5, 0.6) is 0 Å². The Bertz CT molecular complexity index is 439. The lowest BCUT2D eigenvalue weighted by Gasteiger charge is -2.34. The number of hydrogen-bond donors (Lipinski definition) is 1. The standard InChI is InChI=1S/C14H18F2N2O/c1-2-18(10-5-4-8-17-9-10)14(19)13-11(15)6-3-7-12(13)16/h3,6-7,10,17H,2,4-5,8-9H2,1H3. The van der Waals surface area contributed by atoms with Gasteiger partial charge in [-0.1, -0.05) is 6.07 Å². The summed E-state index contributed by atoms with van der Waals surface area (Å²) in [4.78, 5) is 13.9. The maximum atomic E-state index is 13.7. The molecule has 0 radical (unpaired) electrons. The van der Waals surface area contributed by atoms with E-state index in [0.717, 1.165) is 31.5 Å². The van der Waals surface area contributed by atoms with Gasteiger partial charge in [0.1, 0.15) is 17.2 Å². The fourth-order valence-corrected chi connectivity index (χ4v) is 2.51. The topological polar surface area (TPSA) is 32.3 Å². The van der Waals surface area contributed by atoms with Gasteiger partial charge in [0.05, 0.1) is 0 Å². The highest BCUT2D eigenvalue weighted by Crippen LogP contribution is 2.18. The molecule has 1 heterocycles. The predicted molar refractivity (Wildman–Crippen MR) is 69.0 cm³/mol. The first-order valence-electron chi connectivity index (χ1n) is 6.60. The van der Waals surface area contributed by atoms with Gasteiger partial charge in [-0.05, 0) is 38.4 Å². The van der Waals surface area contributed by atoms with E-state index >= 15 is 0 Å². The van der Waals surface area contributed by atoms with E-state index < -0.39 is 23.1 Å². The smallest absolute Gasteiger partial charge is 0.260 e. The van der Waals surface area contributed by atoms with Crippen LogP contribution in [0.25, 0.3) is 0 Å². The summed E-state index contributed by atoms with van der Waals surface area (Å²) < 4.78 is 27.3. The zero-order chi connectivity index (χ0) is 13.8. The summed E-state index contributed by atoms with van der Waals surface area (Å²) in [6, 6.07) is 3.50. The van der Waals surface area contributed by atoms with Crippen molar-refractivity contribution >= 4 is 5.91 Å². The van der Waals surface area contributed by atoms with E-state index in [0.29, 0.717) is 13.1 Å². The lowest BCUT2D eigenvalue weighted by atomic mass is 10.0. The molecule has 1 aromatic carbocycles. The molecule has 2 rings (SSSR count). The molecule has 1 aliphatic rings. The summed E-state index contributed by atoms with van der Waals surface area (Å²) in [5.74, 6) is -2.16. The van der Waals surface area contributed by atoms with E-state index in [-0.39, 0.29) is 6.04 Å². The zero-order valence-electron chi connectivity index (χ0n) is 11.0. The number of nitrogens with one attached hydrogen (secondary N) is 1. The first kappa shape index (κ1) is 13.9. The molecule has 19 heavy (non-hydrogen) atoms. The highest BCUT2D eigenvalue weighted by atomic mass is 19.1. The second-order valence-electron chi connectivity index (χ2n) is 4.69. The molecule has 1 N–H and O–H groups in total. The van der Waals surface area contributed by atoms with Crippen LogP contribution >= 0.6 is 0 Å². The SMILES string of the molecule is CCN(C(=O)c1c(F)cccc1F)C1CCCNC1. The third-order valence-electron chi connectivity index (χ3n) is 3.49. The summed E-state index contributed by atoms with van der Waals surface area (Å²) in [5, 5.41) is 3.20. The Morgan fingerprint density at radius 2 is 2.11 bits per heavy atom. The first-order valence-corrected chi connectivity index (χ1v) is 6.60. The molecule has 0 aliphatic carbocycles. The monoisotopic (exact) mass is 268 g/mol. The Kier molecular flexibility index (Phi) is 4.47. The number of carbonyl (C=O) groups is 1. The molecule has 1 fully saturated rings. The summed E-state index contributed by atoms with van der Waals surface area (Å²) in [6.45, 7) is 3.87. The Morgan fingerprint density at radius 3 is 2.63 bits per heavy atom. The normalized spacial score (nSPS) is 19.2.